The highest BCUT2D eigenvalue weighted by atomic mass is 79.9. The summed E-state index contributed by atoms with van der Waals surface area (Å²) in [7, 11) is 0. The lowest BCUT2D eigenvalue weighted by Crippen LogP contribution is -2.27. The quantitative estimate of drug-likeness (QED) is 0.806. The topological polar surface area (TPSA) is 38.3 Å². The van der Waals surface area contributed by atoms with E-state index in [2.05, 4.69) is 37.2 Å². The Bertz CT molecular complexity index is 379. The van der Waals surface area contributed by atoms with Crippen molar-refractivity contribution in [2.24, 2.45) is 0 Å². The maximum Gasteiger partial charge on any atom is 0.412 e. The van der Waals surface area contributed by atoms with Crippen LogP contribution in [-0.2, 0) is 4.74 Å². The molecule has 0 heterocycles. The summed E-state index contributed by atoms with van der Waals surface area (Å²) >= 11 is 6.68. The van der Waals surface area contributed by atoms with Crippen LogP contribution in [0.3, 0.4) is 0 Å². The average molecular weight is 351 g/mol. The first-order chi connectivity index (χ1) is 7.26. The Labute approximate surface area is 112 Å². The van der Waals surface area contributed by atoms with E-state index in [-0.39, 0.29) is 0 Å². The average Bonchev–Trinajstić information content (AvgIpc) is 1.96. The number of anilines is 1. The predicted molar refractivity (Wildman–Crippen MR) is 71.7 cm³/mol. The lowest BCUT2D eigenvalue weighted by molar-refractivity contribution is 0.0636. The van der Waals surface area contributed by atoms with E-state index in [1.54, 1.807) is 12.1 Å². The van der Waals surface area contributed by atoms with Crippen molar-refractivity contribution in [1.82, 2.24) is 0 Å². The van der Waals surface area contributed by atoms with E-state index in [4.69, 9.17) is 4.74 Å². The van der Waals surface area contributed by atoms with Gasteiger partial charge in [0.25, 0.3) is 0 Å². The predicted octanol–water partition coefficient (Wildman–Crippen LogP) is 4.56. The van der Waals surface area contributed by atoms with Crippen LogP contribution < -0.4 is 5.32 Å². The van der Waals surface area contributed by atoms with Gasteiger partial charge in [0.15, 0.2) is 0 Å². The van der Waals surface area contributed by atoms with Gasteiger partial charge in [-0.1, -0.05) is 31.9 Å². The van der Waals surface area contributed by atoms with Gasteiger partial charge in [-0.3, -0.25) is 5.32 Å². The van der Waals surface area contributed by atoms with Crippen molar-refractivity contribution in [3.63, 3.8) is 0 Å². The number of nitrogens with one attached hydrogen (secondary N) is 1. The van der Waals surface area contributed by atoms with Crippen molar-refractivity contribution in [2.75, 3.05) is 5.32 Å². The van der Waals surface area contributed by atoms with E-state index in [0.717, 1.165) is 8.95 Å². The van der Waals surface area contributed by atoms with Crippen LogP contribution in [0.2, 0.25) is 0 Å². The van der Waals surface area contributed by atoms with Crippen molar-refractivity contribution in [3.05, 3.63) is 27.1 Å². The number of ether oxygens (including phenoxy) is 1. The zero-order valence-electron chi connectivity index (χ0n) is 9.30. The molecule has 5 heteroatoms. The normalized spacial score (nSPS) is 11.1. The molecule has 88 valence electrons. The number of hydrogen-bond donors (Lipinski definition) is 1. The summed E-state index contributed by atoms with van der Waals surface area (Å²) in [5.74, 6) is 0. The number of benzene rings is 1. The second-order valence-corrected chi connectivity index (χ2v) is 6.12. The molecular weight excluding hydrogens is 338 g/mol. The van der Waals surface area contributed by atoms with Crippen molar-refractivity contribution in [1.29, 1.82) is 0 Å². The van der Waals surface area contributed by atoms with Crippen LogP contribution in [-0.4, -0.2) is 11.7 Å². The van der Waals surface area contributed by atoms with Crippen LogP contribution in [0.25, 0.3) is 0 Å². The standard InChI is InChI=1S/C11H13Br2NO2/c1-11(2,3)16-10(15)14-9-5-7(12)4-8(13)6-9/h4-6H,1-3H3,(H,14,15). The Morgan fingerprint density at radius 3 is 2.12 bits per heavy atom. The first kappa shape index (κ1) is 13.5. The fourth-order valence-corrected chi connectivity index (χ4v) is 2.34. The number of carbonyl (C=O) groups is 1. The molecule has 1 amide bonds. The van der Waals surface area contributed by atoms with Crippen molar-refractivity contribution < 1.29 is 9.53 Å². The highest BCUT2D eigenvalue weighted by Gasteiger charge is 2.16. The van der Waals surface area contributed by atoms with Gasteiger partial charge in [0.2, 0.25) is 0 Å². The van der Waals surface area contributed by atoms with Gasteiger partial charge in [0.05, 0.1) is 0 Å². The van der Waals surface area contributed by atoms with E-state index in [9.17, 15) is 4.79 Å². The Kier molecular flexibility index (Phi) is 4.38. The van der Waals surface area contributed by atoms with E-state index in [1.807, 2.05) is 26.8 Å². The molecule has 1 rings (SSSR count). The number of halogens is 2. The molecule has 0 aliphatic carbocycles. The summed E-state index contributed by atoms with van der Waals surface area (Å²) < 4.78 is 6.91. The lowest BCUT2D eigenvalue weighted by atomic mass is 10.2. The molecule has 1 aromatic rings. The van der Waals surface area contributed by atoms with Crippen LogP contribution in [0.4, 0.5) is 10.5 Å². The SMILES string of the molecule is CC(C)(C)OC(=O)Nc1cc(Br)cc(Br)c1. The maximum atomic E-state index is 11.5. The molecule has 3 nitrogen and oxygen atoms in total. The fraction of sp³-hybridized carbons (Fsp3) is 0.364. The van der Waals surface area contributed by atoms with Crippen LogP contribution in [0.5, 0.6) is 0 Å². The smallest absolute Gasteiger partial charge is 0.412 e. The molecule has 1 N–H and O–H groups in total. The molecule has 0 aliphatic heterocycles. The third-order valence-corrected chi connectivity index (χ3v) is 2.42. The fourth-order valence-electron chi connectivity index (χ4n) is 1.05. The monoisotopic (exact) mass is 349 g/mol. The Hall–Kier alpha value is -0.550. The number of amides is 1. The van der Waals surface area contributed by atoms with Gasteiger partial charge in [-0.25, -0.2) is 4.79 Å². The van der Waals surface area contributed by atoms with E-state index in [0.29, 0.717) is 5.69 Å². The molecule has 1 aromatic carbocycles. The summed E-state index contributed by atoms with van der Waals surface area (Å²) in [5.41, 5.74) is 0.184. The first-order valence-corrected chi connectivity index (χ1v) is 6.31. The first-order valence-electron chi connectivity index (χ1n) is 4.72. The molecule has 0 aliphatic rings. The third kappa shape index (κ3) is 4.99. The number of hydrogen-bond acceptors (Lipinski definition) is 2. The highest BCUT2D eigenvalue weighted by molar-refractivity contribution is 9.11. The molecule has 0 unspecified atom stereocenters. The Balaban J connectivity index is 2.70. The van der Waals surface area contributed by atoms with Gasteiger partial charge in [0.1, 0.15) is 5.60 Å². The van der Waals surface area contributed by atoms with Crippen LogP contribution in [0, 0.1) is 0 Å². The van der Waals surface area contributed by atoms with Crippen molar-refractivity contribution in [2.45, 2.75) is 26.4 Å². The molecule has 0 saturated heterocycles. The minimum atomic E-state index is -0.493. The van der Waals surface area contributed by atoms with E-state index < -0.39 is 11.7 Å². The largest absolute Gasteiger partial charge is 0.444 e. The van der Waals surface area contributed by atoms with Crippen LogP contribution in [0.15, 0.2) is 27.1 Å². The summed E-state index contributed by atoms with van der Waals surface area (Å²) in [4.78, 5) is 11.5. The molecule has 0 fully saturated rings. The lowest BCUT2D eigenvalue weighted by Gasteiger charge is -2.19. The summed E-state index contributed by atoms with van der Waals surface area (Å²) in [6, 6.07) is 5.49. The van der Waals surface area contributed by atoms with Gasteiger partial charge in [-0.15, -0.1) is 0 Å². The summed E-state index contributed by atoms with van der Waals surface area (Å²) in [5, 5.41) is 2.66. The summed E-state index contributed by atoms with van der Waals surface area (Å²) in [6.45, 7) is 5.47. The Morgan fingerprint density at radius 2 is 1.69 bits per heavy atom. The van der Waals surface area contributed by atoms with Gasteiger partial charge in [-0.2, -0.15) is 0 Å². The van der Waals surface area contributed by atoms with Gasteiger partial charge in [-0.05, 0) is 39.0 Å². The van der Waals surface area contributed by atoms with E-state index in [1.165, 1.54) is 0 Å². The molecule has 0 bridgehead atoms. The highest BCUT2D eigenvalue weighted by Crippen LogP contribution is 2.23. The van der Waals surface area contributed by atoms with Crippen LogP contribution in [0.1, 0.15) is 20.8 Å². The van der Waals surface area contributed by atoms with E-state index >= 15 is 0 Å². The zero-order valence-corrected chi connectivity index (χ0v) is 12.5. The van der Waals surface area contributed by atoms with Crippen LogP contribution >= 0.6 is 31.9 Å². The second-order valence-electron chi connectivity index (χ2n) is 4.29. The third-order valence-electron chi connectivity index (χ3n) is 1.51. The van der Waals surface area contributed by atoms with Crippen molar-refractivity contribution in [3.8, 4) is 0 Å². The maximum absolute atomic E-state index is 11.5. The molecule has 0 radical (unpaired) electrons. The van der Waals surface area contributed by atoms with Gasteiger partial charge >= 0.3 is 6.09 Å². The number of carbonyl (C=O) groups excluding carboxylic acids is 1. The zero-order chi connectivity index (χ0) is 12.3. The van der Waals surface area contributed by atoms with Crippen molar-refractivity contribution >= 4 is 43.6 Å². The molecule has 0 atom stereocenters. The molecular formula is C11H13Br2NO2. The molecule has 16 heavy (non-hydrogen) atoms. The second kappa shape index (κ2) is 5.19. The van der Waals surface area contributed by atoms with Gasteiger partial charge in [0, 0.05) is 14.6 Å². The van der Waals surface area contributed by atoms with Gasteiger partial charge < -0.3 is 4.74 Å². The molecule has 0 spiro atoms. The minimum absolute atomic E-state index is 0.461. The number of rotatable bonds is 1. The summed E-state index contributed by atoms with van der Waals surface area (Å²) in [6.07, 6.45) is -0.461. The molecule has 0 aromatic heterocycles. The minimum Gasteiger partial charge on any atom is -0.444 e. The Morgan fingerprint density at radius 1 is 1.19 bits per heavy atom. The molecule has 0 saturated carbocycles.